The van der Waals surface area contributed by atoms with Gasteiger partial charge in [0.25, 0.3) is 0 Å². The summed E-state index contributed by atoms with van der Waals surface area (Å²) in [6, 6.07) is 0. The first-order chi connectivity index (χ1) is 7.55. The van der Waals surface area contributed by atoms with Gasteiger partial charge in [0.15, 0.2) is 0 Å². The van der Waals surface area contributed by atoms with Crippen LogP contribution in [0.5, 0.6) is 0 Å². The average molecular weight is 224 g/mol. The Morgan fingerprint density at radius 2 is 2.44 bits per heavy atom. The number of amides is 1. The maximum Gasteiger partial charge on any atom is 0.246 e. The molecule has 1 aromatic rings. The van der Waals surface area contributed by atoms with Crippen molar-refractivity contribution in [2.75, 3.05) is 30.8 Å². The second kappa shape index (κ2) is 3.66. The monoisotopic (exact) mass is 224 g/mol. The standard InChI is InChI=1S/C9H16N6O/c1-9(6(16)11-2)3-4-15(5-9)8-12-7(10)13-14-8/h3-5H2,1-2H3,(H,11,16)(H3,10,12,13,14). The highest BCUT2D eigenvalue weighted by atomic mass is 16.2. The quantitative estimate of drug-likeness (QED) is 0.620. The van der Waals surface area contributed by atoms with Crippen LogP contribution in [-0.2, 0) is 4.79 Å². The lowest BCUT2D eigenvalue weighted by atomic mass is 9.89. The molecule has 7 nitrogen and oxygen atoms in total. The Hall–Kier alpha value is -1.79. The molecule has 0 saturated carbocycles. The van der Waals surface area contributed by atoms with E-state index in [1.165, 1.54) is 0 Å². The summed E-state index contributed by atoms with van der Waals surface area (Å²) in [6.45, 7) is 3.33. The summed E-state index contributed by atoms with van der Waals surface area (Å²) in [5.41, 5.74) is 5.09. The molecule has 88 valence electrons. The third kappa shape index (κ3) is 1.68. The summed E-state index contributed by atoms with van der Waals surface area (Å²) in [4.78, 5) is 17.7. The van der Waals surface area contributed by atoms with Crippen molar-refractivity contribution in [3.63, 3.8) is 0 Å². The Kier molecular flexibility index (Phi) is 2.45. The van der Waals surface area contributed by atoms with Crippen LogP contribution in [0.25, 0.3) is 0 Å². The predicted molar refractivity (Wildman–Crippen MR) is 59.8 cm³/mol. The maximum atomic E-state index is 11.7. The number of aromatic nitrogens is 3. The Bertz CT molecular complexity index is 402. The molecule has 1 fully saturated rings. The molecule has 2 rings (SSSR count). The van der Waals surface area contributed by atoms with E-state index in [0.717, 1.165) is 13.0 Å². The number of nitrogens with one attached hydrogen (secondary N) is 2. The van der Waals surface area contributed by atoms with E-state index in [1.54, 1.807) is 7.05 Å². The first-order valence-electron chi connectivity index (χ1n) is 5.20. The van der Waals surface area contributed by atoms with Crippen LogP contribution in [0.4, 0.5) is 11.9 Å². The molecule has 4 N–H and O–H groups in total. The van der Waals surface area contributed by atoms with Gasteiger partial charge in [0.1, 0.15) is 0 Å². The van der Waals surface area contributed by atoms with E-state index >= 15 is 0 Å². The Morgan fingerprint density at radius 1 is 1.69 bits per heavy atom. The van der Waals surface area contributed by atoms with Gasteiger partial charge in [-0.1, -0.05) is 0 Å². The number of nitrogens with two attached hydrogens (primary N) is 1. The molecule has 1 aromatic heterocycles. The Balaban J connectivity index is 2.11. The first-order valence-corrected chi connectivity index (χ1v) is 5.20. The largest absolute Gasteiger partial charge is 0.368 e. The highest BCUT2D eigenvalue weighted by Crippen LogP contribution is 2.31. The molecule has 2 heterocycles. The van der Waals surface area contributed by atoms with Gasteiger partial charge in [-0.25, -0.2) is 5.10 Å². The van der Waals surface area contributed by atoms with Crippen LogP contribution in [0.1, 0.15) is 13.3 Å². The van der Waals surface area contributed by atoms with Crippen LogP contribution < -0.4 is 16.0 Å². The molecule has 0 spiro atoms. The number of H-pyrrole nitrogens is 1. The van der Waals surface area contributed by atoms with Gasteiger partial charge in [-0.2, -0.15) is 4.98 Å². The molecule has 0 aliphatic carbocycles. The molecule has 0 aromatic carbocycles. The number of carbonyl (C=O) groups excluding carboxylic acids is 1. The van der Waals surface area contributed by atoms with Crippen LogP contribution in [0.2, 0.25) is 0 Å². The van der Waals surface area contributed by atoms with E-state index in [9.17, 15) is 4.79 Å². The highest BCUT2D eigenvalue weighted by Gasteiger charge is 2.40. The van der Waals surface area contributed by atoms with Gasteiger partial charge in [0.2, 0.25) is 17.8 Å². The average Bonchev–Trinajstić information content (AvgIpc) is 2.84. The number of nitrogens with zero attached hydrogens (tertiary/aromatic N) is 3. The van der Waals surface area contributed by atoms with Gasteiger partial charge in [0, 0.05) is 20.1 Å². The van der Waals surface area contributed by atoms with Gasteiger partial charge >= 0.3 is 0 Å². The second-order valence-corrected chi connectivity index (χ2v) is 4.33. The lowest BCUT2D eigenvalue weighted by Crippen LogP contribution is -2.39. The van der Waals surface area contributed by atoms with E-state index in [4.69, 9.17) is 5.73 Å². The van der Waals surface area contributed by atoms with Crippen molar-refractivity contribution < 1.29 is 4.79 Å². The molecule has 1 aliphatic rings. The SMILES string of the molecule is CNC(=O)C1(C)CCN(c2n[nH]c(N)n2)C1. The van der Waals surface area contributed by atoms with Crippen molar-refractivity contribution in [1.82, 2.24) is 20.5 Å². The van der Waals surface area contributed by atoms with E-state index in [0.29, 0.717) is 18.4 Å². The fourth-order valence-electron chi connectivity index (χ4n) is 2.03. The number of hydrogen-bond acceptors (Lipinski definition) is 5. The highest BCUT2D eigenvalue weighted by molar-refractivity contribution is 5.83. The van der Waals surface area contributed by atoms with Crippen LogP contribution in [0.3, 0.4) is 0 Å². The third-order valence-electron chi connectivity index (χ3n) is 3.02. The lowest BCUT2D eigenvalue weighted by Gasteiger charge is -2.21. The van der Waals surface area contributed by atoms with Crippen molar-refractivity contribution in [1.29, 1.82) is 0 Å². The molecule has 1 saturated heterocycles. The normalized spacial score (nSPS) is 24.8. The fraction of sp³-hybridized carbons (Fsp3) is 0.667. The van der Waals surface area contributed by atoms with E-state index in [2.05, 4.69) is 20.5 Å². The molecule has 0 bridgehead atoms. The molecular formula is C9H16N6O. The molecule has 1 amide bonds. The van der Waals surface area contributed by atoms with Crippen molar-refractivity contribution in [2.24, 2.45) is 5.41 Å². The summed E-state index contributed by atoms with van der Waals surface area (Å²) in [5.74, 6) is 0.909. The summed E-state index contributed by atoms with van der Waals surface area (Å²) in [6.07, 6.45) is 0.793. The van der Waals surface area contributed by atoms with Crippen LogP contribution >= 0.6 is 0 Å². The van der Waals surface area contributed by atoms with Crippen molar-refractivity contribution in [3.8, 4) is 0 Å². The van der Waals surface area contributed by atoms with E-state index in [-0.39, 0.29) is 11.3 Å². The fourth-order valence-corrected chi connectivity index (χ4v) is 2.03. The predicted octanol–water partition coefficient (Wildman–Crippen LogP) is -0.651. The minimum Gasteiger partial charge on any atom is -0.368 e. The summed E-state index contributed by atoms with van der Waals surface area (Å²) >= 11 is 0. The summed E-state index contributed by atoms with van der Waals surface area (Å²) in [5, 5.41) is 9.26. The summed E-state index contributed by atoms with van der Waals surface area (Å²) in [7, 11) is 1.65. The van der Waals surface area contributed by atoms with E-state index < -0.39 is 0 Å². The molecule has 1 atom stereocenters. The lowest BCUT2D eigenvalue weighted by molar-refractivity contribution is -0.128. The van der Waals surface area contributed by atoms with Gasteiger partial charge in [-0.05, 0) is 13.3 Å². The molecule has 16 heavy (non-hydrogen) atoms. The smallest absolute Gasteiger partial charge is 0.246 e. The number of hydrogen-bond donors (Lipinski definition) is 3. The zero-order chi connectivity index (χ0) is 11.8. The number of aromatic amines is 1. The maximum absolute atomic E-state index is 11.7. The number of anilines is 2. The molecule has 1 aliphatic heterocycles. The van der Waals surface area contributed by atoms with Crippen LogP contribution in [0, 0.1) is 5.41 Å². The molecule has 1 unspecified atom stereocenters. The van der Waals surface area contributed by atoms with Crippen molar-refractivity contribution in [3.05, 3.63) is 0 Å². The van der Waals surface area contributed by atoms with Gasteiger partial charge in [0.05, 0.1) is 5.41 Å². The number of carbonyl (C=O) groups is 1. The second-order valence-electron chi connectivity index (χ2n) is 4.33. The molecular weight excluding hydrogens is 208 g/mol. The van der Waals surface area contributed by atoms with Crippen LogP contribution in [-0.4, -0.2) is 41.2 Å². The van der Waals surface area contributed by atoms with E-state index in [1.807, 2.05) is 11.8 Å². The Labute approximate surface area is 93.4 Å². The molecule has 7 heteroatoms. The summed E-state index contributed by atoms with van der Waals surface area (Å²) < 4.78 is 0. The van der Waals surface area contributed by atoms with Crippen LogP contribution in [0.15, 0.2) is 0 Å². The zero-order valence-corrected chi connectivity index (χ0v) is 9.45. The van der Waals surface area contributed by atoms with Gasteiger partial charge < -0.3 is 16.0 Å². The number of rotatable bonds is 2. The zero-order valence-electron chi connectivity index (χ0n) is 9.45. The van der Waals surface area contributed by atoms with Crippen molar-refractivity contribution >= 4 is 17.8 Å². The Morgan fingerprint density at radius 3 is 3.00 bits per heavy atom. The third-order valence-corrected chi connectivity index (χ3v) is 3.02. The minimum atomic E-state index is -0.371. The topological polar surface area (TPSA) is 99.9 Å². The van der Waals surface area contributed by atoms with Crippen molar-refractivity contribution in [2.45, 2.75) is 13.3 Å². The number of nitrogen functional groups attached to an aromatic ring is 1. The van der Waals surface area contributed by atoms with Gasteiger partial charge in [-0.3, -0.25) is 4.79 Å². The minimum absolute atomic E-state index is 0.0542. The molecule has 0 radical (unpaired) electrons. The van der Waals surface area contributed by atoms with Gasteiger partial charge in [-0.15, -0.1) is 5.10 Å². The first kappa shape index (κ1) is 10.7.